The Balaban J connectivity index is 1.84. The Bertz CT molecular complexity index is 546. The molecule has 0 unspecified atom stereocenters. The number of ether oxygens (including phenoxy) is 2. The average molecular weight is 292 g/mol. The van der Waals surface area contributed by atoms with Crippen molar-refractivity contribution in [3.05, 3.63) is 35.6 Å². The highest BCUT2D eigenvalue weighted by atomic mass is 19.1. The Morgan fingerprint density at radius 1 is 1.24 bits per heavy atom. The maximum atomic E-state index is 13.1. The molecule has 1 saturated heterocycles. The van der Waals surface area contributed by atoms with Gasteiger partial charge in [-0.25, -0.2) is 9.18 Å². The second kappa shape index (κ2) is 5.47. The lowest BCUT2D eigenvalue weighted by Gasteiger charge is -2.28. The highest BCUT2D eigenvalue weighted by Gasteiger charge is 2.46. The fourth-order valence-corrected chi connectivity index (χ4v) is 3.18. The minimum Gasteiger partial charge on any atom is -0.463 e. The standard InChI is InChI=1S/C16H17FO4/c17-12-5-3-11(4-6-12)16(8-1-2-9-16)15(19)21-13-7-10-20-14(13)18/h3-6,13H,1-2,7-10H2/t13-/m0/s1. The van der Waals surface area contributed by atoms with Crippen molar-refractivity contribution < 1.29 is 23.5 Å². The van der Waals surface area contributed by atoms with Gasteiger partial charge >= 0.3 is 11.9 Å². The second-order valence-corrected chi connectivity index (χ2v) is 5.65. The Kier molecular flexibility index (Phi) is 3.66. The summed E-state index contributed by atoms with van der Waals surface area (Å²) in [6, 6.07) is 5.97. The molecule has 5 heteroatoms. The summed E-state index contributed by atoms with van der Waals surface area (Å²) in [6.45, 7) is 0.292. The molecule has 1 atom stereocenters. The van der Waals surface area contributed by atoms with E-state index in [1.165, 1.54) is 12.1 Å². The Morgan fingerprint density at radius 2 is 1.90 bits per heavy atom. The zero-order valence-electron chi connectivity index (χ0n) is 11.6. The van der Waals surface area contributed by atoms with Crippen LogP contribution in [0.5, 0.6) is 0 Å². The van der Waals surface area contributed by atoms with Gasteiger partial charge in [0.2, 0.25) is 6.10 Å². The molecular formula is C16H17FO4. The van der Waals surface area contributed by atoms with Crippen LogP contribution in [0.2, 0.25) is 0 Å². The first-order valence-corrected chi connectivity index (χ1v) is 7.26. The number of rotatable bonds is 3. The van der Waals surface area contributed by atoms with Gasteiger partial charge in [0.15, 0.2) is 0 Å². The van der Waals surface area contributed by atoms with E-state index in [1.807, 2.05) is 0 Å². The summed E-state index contributed by atoms with van der Waals surface area (Å²) in [5.74, 6) is -1.20. The van der Waals surface area contributed by atoms with Crippen LogP contribution < -0.4 is 0 Å². The van der Waals surface area contributed by atoms with E-state index in [-0.39, 0.29) is 5.82 Å². The summed E-state index contributed by atoms with van der Waals surface area (Å²) < 4.78 is 23.3. The first-order valence-electron chi connectivity index (χ1n) is 7.26. The summed E-state index contributed by atoms with van der Waals surface area (Å²) in [4.78, 5) is 24.1. The van der Waals surface area contributed by atoms with Crippen molar-refractivity contribution in [1.82, 2.24) is 0 Å². The quantitative estimate of drug-likeness (QED) is 0.803. The molecule has 0 spiro atoms. The Morgan fingerprint density at radius 3 is 2.48 bits per heavy atom. The van der Waals surface area contributed by atoms with Crippen molar-refractivity contribution in [2.45, 2.75) is 43.6 Å². The number of halogens is 1. The fraction of sp³-hybridized carbons (Fsp3) is 0.500. The van der Waals surface area contributed by atoms with Crippen LogP contribution in [-0.4, -0.2) is 24.6 Å². The van der Waals surface area contributed by atoms with Crippen LogP contribution >= 0.6 is 0 Å². The first kappa shape index (κ1) is 14.0. The van der Waals surface area contributed by atoms with E-state index >= 15 is 0 Å². The highest BCUT2D eigenvalue weighted by Crippen LogP contribution is 2.42. The second-order valence-electron chi connectivity index (χ2n) is 5.65. The number of benzene rings is 1. The van der Waals surface area contributed by atoms with Gasteiger partial charge in [0.05, 0.1) is 12.0 Å². The third-order valence-electron chi connectivity index (χ3n) is 4.38. The van der Waals surface area contributed by atoms with Gasteiger partial charge < -0.3 is 9.47 Å². The molecule has 0 N–H and O–H groups in total. The van der Waals surface area contributed by atoms with E-state index in [9.17, 15) is 14.0 Å². The molecule has 1 aliphatic heterocycles. The highest BCUT2D eigenvalue weighted by molar-refractivity contribution is 5.87. The summed E-state index contributed by atoms with van der Waals surface area (Å²) >= 11 is 0. The average Bonchev–Trinajstić information content (AvgIpc) is 3.10. The number of carbonyl (C=O) groups is 2. The number of esters is 2. The van der Waals surface area contributed by atoms with Crippen LogP contribution in [-0.2, 0) is 24.5 Å². The number of hydrogen-bond acceptors (Lipinski definition) is 4. The maximum Gasteiger partial charge on any atom is 0.347 e. The molecule has 2 fully saturated rings. The van der Waals surface area contributed by atoms with Crippen LogP contribution in [0.25, 0.3) is 0 Å². The zero-order valence-corrected chi connectivity index (χ0v) is 11.6. The van der Waals surface area contributed by atoms with E-state index in [1.54, 1.807) is 12.1 Å². The van der Waals surface area contributed by atoms with Gasteiger partial charge in [-0.1, -0.05) is 25.0 Å². The van der Waals surface area contributed by atoms with Crippen LogP contribution in [0, 0.1) is 5.82 Å². The van der Waals surface area contributed by atoms with Crippen molar-refractivity contribution in [3.8, 4) is 0 Å². The summed E-state index contributed by atoms with van der Waals surface area (Å²) in [5, 5.41) is 0. The molecule has 1 aromatic carbocycles. The molecule has 3 rings (SSSR count). The predicted octanol–water partition coefficient (Wildman–Crippen LogP) is 2.50. The molecule has 1 aliphatic carbocycles. The van der Waals surface area contributed by atoms with Crippen LogP contribution in [0.15, 0.2) is 24.3 Å². The lowest BCUT2D eigenvalue weighted by atomic mass is 9.79. The van der Waals surface area contributed by atoms with Crippen LogP contribution in [0.1, 0.15) is 37.7 Å². The fourth-order valence-electron chi connectivity index (χ4n) is 3.18. The van der Waals surface area contributed by atoms with Crippen molar-refractivity contribution in [3.63, 3.8) is 0 Å². The minimum atomic E-state index is -0.796. The van der Waals surface area contributed by atoms with Gasteiger partial charge in [0.1, 0.15) is 5.82 Å². The van der Waals surface area contributed by atoms with Crippen LogP contribution in [0.4, 0.5) is 4.39 Å². The molecule has 2 aliphatic rings. The lowest BCUT2D eigenvalue weighted by molar-refractivity contribution is -0.164. The SMILES string of the molecule is O=C1OCC[C@@H]1OC(=O)C1(c2ccc(F)cc2)CCCC1. The molecule has 21 heavy (non-hydrogen) atoms. The first-order chi connectivity index (χ1) is 10.1. The Hall–Kier alpha value is -1.91. The van der Waals surface area contributed by atoms with Gasteiger partial charge in [-0.2, -0.15) is 0 Å². The molecule has 0 amide bonds. The molecule has 0 radical (unpaired) electrons. The summed E-state index contributed by atoms with van der Waals surface area (Å²) in [7, 11) is 0. The van der Waals surface area contributed by atoms with Gasteiger partial charge in [-0.3, -0.25) is 4.79 Å². The van der Waals surface area contributed by atoms with Gasteiger partial charge in [-0.15, -0.1) is 0 Å². The van der Waals surface area contributed by atoms with Gasteiger partial charge in [0.25, 0.3) is 0 Å². The molecule has 0 aromatic heterocycles. The number of hydrogen-bond donors (Lipinski definition) is 0. The summed E-state index contributed by atoms with van der Waals surface area (Å²) in [5.41, 5.74) is 0.00842. The lowest BCUT2D eigenvalue weighted by Crippen LogP contribution is -2.38. The normalized spacial score (nSPS) is 23.9. The van der Waals surface area contributed by atoms with Crippen molar-refractivity contribution in [2.75, 3.05) is 6.61 Å². The third-order valence-corrected chi connectivity index (χ3v) is 4.38. The molecule has 4 nitrogen and oxygen atoms in total. The number of carbonyl (C=O) groups excluding carboxylic acids is 2. The molecule has 1 saturated carbocycles. The van der Waals surface area contributed by atoms with E-state index in [4.69, 9.17) is 9.47 Å². The molecule has 112 valence electrons. The maximum absolute atomic E-state index is 13.1. The zero-order chi connectivity index (χ0) is 14.9. The summed E-state index contributed by atoms with van der Waals surface area (Å²) in [6.07, 6.45) is 2.78. The van der Waals surface area contributed by atoms with E-state index in [0.717, 1.165) is 18.4 Å². The predicted molar refractivity (Wildman–Crippen MR) is 72.0 cm³/mol. The third kappa shape index (κ3) is 2.52. The van der Waals surface area contributed by atoms with Gasteiger partial charge in [-0.05, 0) is 30.5 Å². The van der Waals surface area contributed by atoms with E-state index < -0.39 is 23.5 Å². The van der Waals surface area contributed by atoms with Crippen molar-refractivity contribution >= 4 is 11.9 Å². The number of cyclic esters (lactones) is 1. The van der Waals surface area contributed by atoms with Crippen LogP contribution in [0.3, 0.4) is 0 Å². The molecule has 0 bridgehead atoms. The van der Waals surface area contributed by atoms with Crippen molar-refractivity contribution in [2.24, 2.45) is 0 Å². The van der Waals surface area contributed by atoms with E-state index in [0.29, 0.717) is 25.9 Å². The molecule has 1 heterocycles. The molecule has 1 aromatic rings. The van der Waals surface area contributed by atoms with Crippen molar-refractivity contribution in [1.29, 1.82) is 0 Å². The largest absolute Gasteiger partial charge is 0.463 e. The monoisotopic (exact) mass is 292 g/mol. The smallest absolute Gasteiger partial charge is 0.347 e. The van der Waals surface area contributed by atoms with Gasteiger partial charge in [0, 0.05) is 6.42 Å². The Labute approximate surface area is 122 Å². The topological polar surface area (TPSA) is 52.6 Å². The van der Waals surface area contributed by atoms with E-state index in [2.05, 4.69) is 0 Å². The molecular weight excluding hydrogens is 275 g/mol. The minimum absolute atomic E-state index is 0.292.